The van der Waals surface area contributed by atoms with Crippen LogP contribution in [0.5, 0.6) is 0 Å². The molecule has 1 saturated heterocycles. The topological polar surface area (TPSA) is 12.0 Å². The lowest BCUT2D eigenvalue weighted by molar-refractivity contribution is 0.348. The van der Waals surface area contributed by atoms with E-state index < -0.39 is 0 Å². The minimum absolute atomic E-state index is 0. The van der Waals surface area contributed by atoms with E-state index in [0.29, 0.717) is 12.1 Å². The first-order valence-corrected chi connectivity index (χ1v) is 4.70. The Balaban J connectivity index is 0.00000144. The van der Waals surface area contributed by atoms with E-state index in [1.54, 1.807) is 0 Å². The maximum atomic E-state index is 5.36. The first kappa shape index (κ1) is 12.6. The number of hydrogen-bond donors (Lipinski definition) is 1. The molecule has 1 aliphatic heterocycles. The van der Waals surface area contributed by atoms with Crippen LogP contribution in [0.4, 0.5) is 0 Å². The minimum atomic E-state index is 0. The van der Waals surface area contributed by atoms with Gasteiger partial charge in [0.2, 0.25) is 0 Å². The maximum absolute atomic E-state index is 5.36. The molecule has 0 spiro atoms. The summed E-state index contributed by atoms with van der Waals surface area (Å²) >= 11 is 0. The maximum Gasteiger partial charge on any atom is 0.0689 e. The fourth-order valence-electron chi connectivity index (χ4n) is 1.70. The third-order valence-corrected chi connectivity index (χ3v) is 2.40. The van der Waals surface area contributed by atoms with Gasteiger partial charge >= 0.3 is 0 Å². The van der Waals surface area contributed by atoms with E-state index in [0.717, 1.165) is 12.8 Å². The lowest BCUT2D eigenvalue weighted by Gasteiger charge is -2.27. The van der Waals surface area contributed by atoms with Gasteiger partial charge in [-0.15, -0.1) is 25.4 Å². The Bertz CT molecular complexity index is 183. The summed E-state index contributed by atoms with van der Waals surface area (Å²) in [4.78, 5) is 0. The van der Waals surface area contributed by atoms with Gasteiger partial charge in [-0.1, -0.05) is 12.0 Å². The average Bonchev–Trinajstić information content (AvgIpc) is 2.15. The number of allylic oxidation sites excluding steroid dienone is 1. The molecule has 0 saturated carbocycles. The Kier molecular flexibility index (Phi) is 6.76. The Morgan fingerprint density at radius 3 is 2.92 bits per heavy atom. The second kappa shape index (κ2) is 7.00. The molecule has 74 valence electrons. The van der Waals surface area contributed by atoms with Crippen molar-refractivity contribution in [2.24, 2.45) is 0 Å². The van der Waals surface area contributed by atoms with E-state index >= 15 is 0 Å². The van der Waals surface area contributed by atoms with Crippen molar-refractivity contribution in [1.29, 1.82) is 0 Å². The van der Waals surface area contributed by atoms with Crippen LogP contribution >= 0.6 is 12.4 Å². The van der Waals surface area contributed by atoms with E-state index in [1.807, 2.05) is 6.08 Å². The number of hydrogen-bond acceptors (Lipinski definition) is 1. The molecule has 0 aromatic heterocycles. The SMILES string of the molecule is C#CC1CCCC(CCC=C)N1.Cl. The van der Waals surface area contributed by atoms with Crippen molar-refractivity contribution < 1.29 is 0 Å². The summed E-state index contributed by atoms with van der Waals surface area (Å²) in [6, 6.07) is 0.936. The number of halogens is 1. The molecular weight excluding hydrogens is 182 g/mol. The highest BCUT2D eigenvalue weighted by atomic mass is 35.5. The van der Waals surface area contributed by atoms with Crippen LogP contribution in [-0.2, 0) is 0 Å². The normalized spacial score (nSPS) is 27.0. The highest BCUT2D eigenvalue weighted by molar-refractivity contribution is 5.85. The van der Waals surface area contributed by atoms with Gasteiger partial charge in [-0.05, 0) is 32.1 Å². The number of nitrogens with one attached hydrogen (secondary N) is 1. The standard InChI is InChI=1S/C11H17N.ClH/c1-3-5-7-11-9-6-8-10(4-2)12-11;/h2-3,10-12H,1,5-9H2;1H. The molecule has 0 bridgehead atoms. The molecule has 0 radical (unpaired) electrons. The summed E-state index contributed by atoms with van der Waals surface area (Å²) in [7, 11) is 0. The van der Waals surface area contributed by atoms with Crippen LogP contribution < -0.4 is 5.32 Å². The third kappa shape index (κ3) is 4.36. The van der Waals surface area contributed by atoms with Gasteiger partial charge in [-0.2, -0.15) is 0 Å². The van der Waals surface area contributed by atoms with Gasteiger partial charge in [-0.3, -0.25) is 0 Å². The monoisotopic (exact) mass is 199 g/mol. The van der Waals surface area contributed by atoms with Gasteiger partial charge in [-0.25, -0.2) is 0 Å². The highest BCUT2D eigenvalue weighted by Crippen LogP contribution is 2.15. The average molecular weight is 200 g/mol. The molecule has 0 aliphatic carbocycles. The molecule has 1 N–H and O–H groups in total. The van der Waals surface area contributed by atoms with Crippen molar-refractivity contribution in [1.82, 2.24) is 5.32 Å². The zero-order valence-corrected chi connectivity index (χ0v) is 8.78. The van der Waals surface area contributed by atoms with E-state index in [2.05, 4.69) is 17.8 Å². The van der Waals surface area contributed by atoms with Gasteiger partial charge in [0, 0.05) is 6.04 Å². The van der Waals surface area contributed by atoms with Crippen LogP contribution in [0.1, 0.15) is 32.1 Å². The Morgan fingerprint density at radius 2 is 2.31 bits per heavy atom. The second-order valence-corrected chi connectivity index (χ2v) is 3.38. The number of rotatable bonds is 3. The van der Waals surface area contributed by atoms with Crippen LogP contribution in [0, 0.1) is 12.3 Å². The van der Waals surface area contributed by atoms with Crippen LogP contribution in [0.25, 0.3) is 0 Å². The van der Waals surface area contributed by atoms with Crippen LogP contribution in [-0.4, -0.2) is 12.1 Å². The summed E-state index contributed by atoms with van der Waals surface area (Å²) in [5.74, 6) is 2.77. The van der Waals surface area contributed by atoms with Gasteiger partial charge in [0.25, 0.3) is 0 Å². The van der Waals surface area contributed by atoms with Crippen LogP contribution in [0.3, 0.4) is 0 Å². The first-order chi connectivity index (χ1) is 5.86. The van der Waals surface area contributed by atoms with Crippen molar-refractivity contribution >= 4 is 12.4 Å². The molecular formula is C11H18ClN. The van der Waals surface area contributed by atoms with Crippen molar-refractivity contribution in [2.75, 3.05) is 0 Å². The zero-order chi connectivity index (χ0) is 8.81. The molecule has 1 fully saturated rings. The number of piperidine rings is 1. The molecule has 1 heterocycles. The first-order valence-electron chi connectivity index (χ1n) is 4.70. The van der Waals surface area contributed by atoms with Crippen molar-refractivity contribution in [3.05, 3.63) is 12.7 Å². The smallest absolute Gasteiger partial charge is 0.0689 e. The molecule has 1 rings (SSSR count). The molecule has 13 heavy (non-hydrogen) atoms. The summed E-state index contributed by atoms with van der Waals surface area (Å²) in [6.07, 6.45) is 13.3. The predicted octanol–water partition coefficient (Wildman–Crippen LogP) is 2.52. The molecule has 0 aromatic carbocycles. The molecule has 2 heteroatoms. The van der Waals surface area contributed by atoms with E-state index in [-0.39, 0.29) is 12.4 Å². The van der Waals surface area contributed by atoms with E-state index in [1.165, 1.54) is 19.3 Å². The molecule has 0 amide bonds. The fraction of sp³-hybridized carbons (Fsp3) is 0.636. The van der Waals surface area contributed by atoms with Gasteiger partial charge < -0.3 is 5.32 Å². The zero-order valence-electron chi connectivity index (χ0n) is 7.96. The summed E-state index contributed by atoms with van der Waals surface area (Å²) in [5.41, 5.74) is 0. The minimum Gasteiger partial charge on any atom is -0.301 e. The lowest BCUT2D eigenvalue weighted by Crippen LogP contribution is -2.41. The molecule has 1 aliphatic rings. The molecule has 2 unspecified atom stereocenters. The highest BCUT2D eigenvalue weighted by Gasteiger charge is 2.17. The van der Waals surface area contributed by atoms with Gasteiger partial charge in [0.15, 0.2) is 0 Å². The van der Waals surface area contributed by atoms with Gasteiger partial charge in [0.1, 0.15) is 0 Å². The summed E-state index contributed by atoms with van der Waals surface area (Å²) in [6.45, 7) is 3.72. The third-order valence-electron chi connectivity index (χ3n) is 2.40. The Labute approximate surface area is 87.4 Å². The number of terminal acetylenes is 1. The van der Waals surface area contributed by atoms with E-state index in [4.69, 9.17) is 6.42 Å². The second-order valence-electron chi connectivity index (χ2n) is 3.38. The molecule has 2 atom stereocenters. The Morgan fingerprint density at radius 1 is 1.54 bits per heavy atom. The Hall–Kier alpha value is -0.450. The predicted molar refractivity (Wildman–Crippen MR) is 60.1 cm³/mol. The summed E-state index contributed by atoms with van der Waals surface area (Å²) in [5, 5.41) is 3.45. The largest absolute Gasteiger partial charge is 0.301 e. The fourth-order valence-corrected chi connectivity index (χ4v) is 1.70. The summed E-state index contributed by atoms with van der Waals surface area (Å²) < 4.78 is 0. The van der Waals surface area contributed by atoms with Crippen LogP contribution in [0.15, 0.2) is 12.7 Å². The molecule has 1 nitrogen and oxygen atoms in total. The van der Waals surface area contributed by atoms with Crippen LogP contribution in [0.2, 0.25) is 0 Å². The van der Waals surface area contributed by atoms with Crippen molar-refractivity contribution in [3.63, 3.8) is 0 Å². The van der Waals surface area contributed by atoms with Crippen molar-refractivity contribution in [2.45, 2.75) is 44.2 Å². The van der Waals surface area contributed by atoms with Gasteiger partial charge in [0.05, 0.1) is 6.04 Å². The lowest BCUT2D eigenvalue weighted by atomic mass is 9.96. The molecule has 0 aromatic rings. The van der Waals surface area contributed by atoms with Crippen molar-refractivity contribution in [3.8, 4) is 12.3 Å². The quantitative estimate of drug-likeness (QED) is 0.544. The van der Waals surface area contributed by atoms with E-state index in [9.17, 15) is 0 Å².